The minimum Gasteiger partial charge on any atom is -0.348 e. The molecule has 0 saturated carbocycles. The van der Waals surface area contributed by atoms with Gasteiger partial charge in [0.05, 0.1) is 5.56 Å². The number of halogens is 1. The zero-order chi connectivity index (χ0) is 13.7. The van der Waals surface area contributed by atoms with E-state index in [-0.39, 0.29) is 18.3 Å². The Morgan fingerprint density at radius 1 is 1.32 bits per heavy atom. The number of hydrogen-bond donors (Lipinski definition) is 3. The largest absolute Gasteiger partial charge is 0.348 e. The Balaban J connectivity index is 2.05. The molecule has 1 aromatic heterocycles. The van der Waals surface area contributed by atoms with Crippen LogP contribution >= 0.6 is 0 Å². The highest BCUT2D eigenvalue weighted by Crippen LogP contribution is 2.10. The minimum absolute atomic E-state index is 0.232. The number of aromatic nitrogens is 1. The highest BCUT2D eigenvalue weighted by molar-refractivity contribution is 5.98. The molecular weight excluding hydrogens is 247 g/mol. The molecule has 1 aromatic carbocycles. The van der Waals surface area contributed by atoms with E-state index in [9.17, 15) is 9.18 Å². The van der Waals surface area contributed by atoms with Crippen molar-refractivity contribution in [3.63, 3.8) is 0 Å². The van der Waals surface area contributed by atoms with Gasteiger partial charge in [0.1, 0.15) is 5.82 Å². The van der Waals surface area contributed by atoms with E-state index >= 15 is 0 Å². The molecular formula is C13H13FN4O. The number of amides is 1. The Morgan fingerprint density at radius 2 is 2.16 bits per heavy atom. The number of rotatable bonds is 4. The van der Waals surface area contributed by atoms with Crippen LogP contribution in [0.15, 0.2) is 42.6 Å². The number of hydrogen-bond acceptors (Lipinski definition) is 4. The van der Waals surface area contributed by atoms with Crippen LogP contribution in [-0.4, -0.2) is 10.9 Å². The van der Waals surface area contributed by atoms with Gasteiger partial charge in [-0.05, 0) is 29.8 Å². The Morgan fingerprint density at radius 3 is 2.89 bits per heavy atom. The number of nitrogens with one attached hydrogen (secondary N) is 2. The van der Waals surface area contributed by atoms with Crippen molar-refractivity contribution >= 4 is 11.7 Å². The molecule has 1 heterocycles. The van der Waals surface area contributed by atoms with Crippen LogP contribution in [0.1, 0.15) is 15.9 Å². The molecule has 0 saturated heterocycles. The molecule has 0 fully saturated rings. The Kier molecular flexibility index (Phi) is 4.04. The lowest BCUT2D eigenvalue weighted by atomic mass is 10.2. The molecule has 4 N–H and O–H groups in total. The molecule has 98 valence electrons. The van der Waals surface area contributed by atoms with Crippen LogP contribution < -0.4 is 16.6 Å². The third kappa shape index (κ3) is 3.26. The zero-order valence-corrected chi connectivity index (χ0v) is 10.1. The fourth-order valence-electron chi connectivity index (χ4n) is 1.63. The van der Waals surface area contributed by atoms with Crippen LogP contribution in [0.4, 0.5) is 10.2 Å². The summed E-state index contributed by atoms with van der Waals surface area (Å²) in [5.74, 6) is 4.90. The predicted octanol–water partition coefficient (Wildman–Crippen LogP) is 1.44. The van der Waals surface area contributed by atoms with Gasteiger partial charge in [0.2, 0.25) is 0 Å². The van der Waals surface area contributed by atoms with E-state index in [4.69, 9.17) is 5.84 Å². The number of carbonyl (C=O) groups is 1. The first kappa shape index (κ1) is 13.0. The topological polar surface area (TPSA) is 80.0 Å². The van der Waals surface area contributed by atoms with Crippen molar-refractivity contribution in [1.29, 1.82) is 0 Å². The third-order valence-electron chi connectivity index (χ3n) is 2.53. The number of nitrogens with zero attached hydrogens (tertiary/aromatic N) is 1. The lowest BCUT2D eigenvalue weighted by Crippen LogP contribution is -2.25. The van der Waals surface area contributed by atoms with Crippen LogP contribution in [0.25, 0.3) is 0 Å². The first-order valence-corrected chi connectivity index (χ1v) is 5.65. The van der Waals surface area contributed by atoms with Crippen molar-refractivity contribution in [3.8, 4) is 0 Å². The van der Waals surface area contributed by atoms with E-state index in [1.807, 2.05) is 0 Å². The summed E-state index contributed by atoms with van der Waals surface area (Å²) in [6.07, 6.45) is 1.53. The Labute approximate surface area is 109 Å². The monoisotopic (exact) mass is 260 g/mol. The number of carbonyl (C=O) groups excluding carboxylic acids is 1. The van der Waals surface area contributed by atoms with Crippen molar-refractivity contribution in [2.75, 3.05) is 5.43 Å². The summed E-state index contributed by atoms with van der Waals surface area (Å²) in [7, 11) is 0. The van der Waals surface area contributed by atoms with Crippen molar-refractivity contribution < 1.29 is 9.18 Å². The summed E-state index contributed by atoms with van der Waals surface area (Å²) in [4.78, 5) is 15.9. The van der Waals surface area contributed by atoms with Gasteiger partial charge in [-0.2, -0.15) is 0 Å². The molecule has 2 rings (SSSR count). The lowest BCUT2D eigenvalue weighted by molar-refractivity contribution is 0.0951. The number of anilines is 1. The Hall–Kier alpha value is -2.47. The maximum atomic E-state index is 13.0. The molecule has 19 heavy (non-hydrogen) atoms. The van der Waals surface area contributed by atoms with Gasteiger partial charge in [-0.3, -0.25) is 4.79 Å². The van der Waals surface area contributed by atoms with Crippen LogP contribution in [0.2, 0.25) is 0 Å². The van der Waals surface area contributed by atoms with E-state index in [1.54, 1.807) is 24.3 Å². The predicted molar refractivity (Wildman–Crippen MR) is 69.6 cm³/mol. The van der Waals surface area contributed by atoms with Crippen LogP contribution in [0.5, 0.6) is 0 Å². The van der Waals surface area contributed by atoms with Gasteiger partial charge in [0.25, 0.3) is 5.91 Å². The minimum atomic E-state index is -0.336. The van der Waals surface area contributed by atoms with Gasteiger partial charge in [0, 0.05) is 12.7 Å². The summed E-state index contributed by atoms with van der Waals surface area (Å²) in [5.41, 5.74) is 3.37. The molecule has 5 nitrogen and oxygen atoms in total. The summed E-state index contributed by atoms with van der Waals surface area (Å²) in [6, 6.07) is 9.28. The van der Waals surface area contributed by atoms with Crippen LogP contribution in [0, 0.1) is 5.82 Å². The highest BCUT2D eigenvalue weighted by atomic mass is 19.1. The molecule has 0 aliphatic heterocycles. The van der Waals surface area contributed by atoms with Crippen molar-refractivity contribution in [2.24, 2.45) is 5.84 Å². The van der Waals surface area contributed by atoms with Crippen molar-refractivity contribution in [2.45, 2.75) is 6.54 Å². The molecule has 0 spiro atoms. The standard InChI is InChI=1S/C13H13FN4O/c14-10-4-1-3-9(7-10)8-17-13(19)11-5-2-6-16-12(11)18-15/h1-7H,8,15H2,(H,16,18)(H,17,19). The lowest BCUT2D eigenvalue weighted by Gasteiger charge is -2.08. The average molecular weight is 260 g/mol. The fourth-order valence-corrected chi connectivity index (χ4v) is 1.63. The molecule has 0 aliphatic rings. The first-order chi connectivity index (χ1) is 9.20. The maximum absolute atomic E-state index is 13.0. The Bertz CT molecular complexity index is 588. The number of pyridine rings is 1. The second-order valence-corrected chi connectivity index (χ2v) is 3.86. The van der Waals surface area contributed by atoms with E-state index in [0.29, 0.717) is 16.9 Å². The van der Waals surface area contributed by atoms with Gasteiger partial charge in [-0.1, -0.05) is 12.1 Å². The van der Waals surface area contributed by atoms with E-state index in [0.717, 1.165) is 0 Å². The molecule has 0 atom stereocenters. The van der Waals surface area contributed by atoms with Crippen LogP contribution in [0.3, 0.4) is 0 Å². The van der Waals surface area contributed by atoms with E-state index in [1.165, 1.54) is 18.3 Å². The smallest absolute Gasteiger partial charge is 0.255 e. The normalized spacial score (nSPS) is 10.0. The molecule has 0 radical (unpaired) electrons. The van der Waals surface area contributed by atoms with Crippen molar-refractivity contribution in [1.82, 2.24) is 10.3 Å². The quantitative estimate of drug-likeness (QED) is 0.574. The summed E-state index contributed by atoms with van der Waals surface area (Å²) >= 11 is 0. The van der Waals surface area contributed by atoms with Gasteiger partial charge < -0.3 is 10.7 Å². The first-order valence-electron chi connectivity index (χ1n) is 5.65. The van der Waals surface area contributed by atoms with Gasteiger partial charge in [-0.15, -0.1) is 0 Å². The summed E-state index contributed by atoms with van der Waals surface area (Å²) in [5, 5.41) is 2.68. The second-order valence-electron chi connectivity index (χ2n) is 3.86. The van der Waals surface area contributed by atoms with Gasteiger partial charge in [0.15, 0.2) is 5.82 Å². The average Bonchev–Trinajstić information content (AvgIpc) is 2.45. The van der Waals surface area contributed by atoms with Crippen molar-refractivity contribution in [3.05, 3.63) is 59.5 Å². The van der Waals surface area contributed by atoms with E-state index in [2.05, 4.69) is 15.7 Å². The fraction of sp³-hybridized carbons (Fsp3) is 0.0769. The highest BCUT2D eigenvalue weighted by Gasteiger charge is 2.10. The van der Waals surface area contributed by atoms with Crippen LogP contribution in [-0.2, 0) is 6.54 Å². The SMILES string of the molecule is NNc1ncccc1C(=O)NCc1cccc(F)c1. The molecule has 6 heteroatoms. The third-order valence-corrected chi connectivity index (χ3v) is 2.53. The van der Waals surface area contributed by atoms with Gasteiger partial charge in [-0.25, -0.2) is 15.2 Å². The summed E-state index contributed by atoms with van der Waals surface area (Å²) < 4.78 is 13.0. The molecule has 0 unspecified atom stereocenters. The second kappa shape index (κ2) is 5.92. The van der Waals surface area contributed by atoms with E-state index < -0.39 is 0 Å². The molecule has 2 aromatic rings. The number of hydrazine groups is 1. The maximum Gasteiger partial charge on any atom is 0.255 e. The summed E-state index contributed by atoms with van der Waals surface area (Å²) in [6.45, 7) is 0.232. The molecule has 0 bridgehead atoms. The zero-order valence-electron chi connectivity index (χ0n) is 10.1. The number of benzene rings is 1. The van der Waals surface area contributed by atoms with Gasteiger partial charge >= 0.3 is 0 Å². The molecule has 0 aliphatic carbocycles. The number of nitrogen functional groups attached to an aromatic ring is 1. The number of nitrogens with two attached hydrogens (primary N) is 1. The molecule has 1 amide bonds.